The molecule has 0 atom stereocenters. The molecule has 2 rings (SSSR count). The number of carbonyl (C=O) groups excluding carboxylic acids is 1. The molecule has 7 heteroatoms. The van der Waals surface area contributed by atoms with Crippen molar-refractivity contribution in [2.45, 2.75) is 12.8 Å². The molecule has 0 spiro atoms. The van der Waals surface area contributed by atoms with E-state index >= 15 is 0 Å². The van der Waals surface area contributed by atoms with E-state index in [1.807, 2.05) is 0 Å². The van der Waals surface area contributed by atoms with Gasteiger partial charge in [-0.2, -0.15) is 0 Å². The SMILES string of the molecule is Cl.O=C(Cc1ccc(Cl)cc1Cl)NCCCN1CCNCC1. The van der Waals surface area contributed by atoms with Crippen molar-refractivity contribution in [1.29, 1.82) is 0 Å². The highest BCUT2D eigenvalue weighted by Crippen LogP contribution is 2.21. The van der Waals surface area contributed by atoms with Crippen LogP contribution >= 0.6 is 35.6 Å². The van der Waals surface area contributed by atoms with E-state index in [2.05, 4.69) is 15.5 Å². The van der Waals surface area contributed by atoms with E-state index in [1.54, 1.807) is 18.2 Å². The van der Waals surface area contributed by atoms with Gasteiger partial charge in [-0.05, 0) is 30.7 Å². The Hall–Kier alpha value is -0.520. The van der Waals surface area contributed by atoms with Crippen molar-refractivity contribution >= 4 is 41.5 Å². The Bertz CT molecular complexity index is 479. The Kier molecular flexibility index (Phi) is 9.13. The third kappa shape index (κ3) is 6.71. The Labute approximate surface area is 147 Å². The number of nitrogens with one attached hydrogen (secondary N) is 2. The number of rotatable bonds is 6. The van der Waals surface area contributed by atoms with Crippen molar-refractivity contribution in [2.24, 2.45) is 0 Å². The van der Waals surface area contributed by atoms with Crippen molar-refractivity contribution < 1.29 is 4.79 Å². The number of halogens is 3. The van der Waals surface area contributed by atoms with E-state index in [9.17, 15) is 4.79 Å². The minimum atomic E-state index is -0.000432. The highest BCUT2D eigenvalue weighted by atomic mass is 35.5. The van der Waals surface area contributed by atoms with Gasteiger partial charge in [0.1, 0.15) is 0 Å². The summed E-state index contributed by atoms with van der Waals surface area (Å²) < 4.78 is 0. The molecule has 1 amide bonds. The molecule has 0 unspecified atom stereocenters. The zero-order valence-electron chi connectivity index (χ0n) is 12.4. The highest BCUT2D eigenvalue weighted by molar-refractivity contribution is 6.35. The number of benzene rings is 1. The summed E-state index contributed by atoms with van der Waals surface area (Å²) in [5.41, 5.74) is 0.806. The van der Waals surface area contributed by atoms with Crippen LogP contribution in [-0.4, -0.2) is 50.1 Å². The number of hydrogen-bond acceptors (Lipinski definition) is 3. The van der Waals surface area contributed by atoms with Crippen LogP contribution in [0, 0.1) is 0 Å². The summed E-state index contributed by atoms with van der Waals surface area (Å²) in [6, 6.07) is 5.21. The second-order valence-electron chi connectivity index (χ2n) is 5.21. The van der Waals surface area contributed by atoms with Gasteiger partial charge in [-0.25, -0.2) is 0 Å². The minimum Gasteiger partial charge on any atom is -0.356 e. The van der Waals surface area contributed by atoms with Crippen LogP contribution in [-0.2, 0) is 11.2 Å². The summed E-state index contributed by atoms with van der Waals surface area (Å²) in [5, 5.41) is 7.39. The predicted octanol–water partition coefficient (Wildman–Crippen LogP) is 2.37. The maximum atomic E-state index is 11.9. The smallest absolute Gasteiger partial charge is 0.224 e. The first-order chi connectivity index (χ1) is 10.1. The van der Waals surface area contributed by atoms with Crippen molar-refractivity contribution in [3.8, 4) is 0 Å². The molecular formula is C15H22Cl3N3O. The van der Waals surface area contributed by atoms with Crippen LogP contribution in [0.2, 0.25) is 10.0 Å². The van der Waals surface area contributed by atoms with Crippen LogP contribution in [0.25, 0.3) is 0 Å². The largest absolute Gasteiger partial charge is 0.356 e. The molecule has 1 aromatic rings. The standard InChI is InChI=1S/C15H21Cl2N3O.ClH/c16-13-3-2-12(14(17)11-13)10-15(21)19-4-1-7-20-8-5-18-6-9-20;/h2-3,11,18H,1,4-10H2,(H,19,21);1H. The summed E-state index contributed by atoms with van der Waals surface area (Å²) in [5.74, 6) is -0.000432. The fourth-order valence-electron chi connectivity index (χ4n) is 2.37. The van der Waals surface area contributed by atoms with Crippen LogP contribution < -0.4 is 10.6 Å². The maximum Gasteiger partial charge on any atom is 0.224 e. The van der Waals surface area contributed by atoms with Gasteiger partial charge < -0.3 is 15.5 Å². The lowest BCUT2D eigenvalue weighted by Crippen LogP contribution is -2.44. The van der Waals surface area contributed by atoms with Gasteiger partial charge in [0.15, 0.2) is 0 Å². The third-order valence-electron chi connectivity index (χ3n) is 3.55. The Balaban J connectivity index is 0.00000242. The molecule has 2 N–H and O–H groups in total. The van der Waals surface area contributed by atoms with Crippen molar-refractivity contribution in [1.82, 2.24) is 15.5 Å². The molecule has 0 aliphatic carbocycles. The van der Waals surface area contributed by atoms with E-state index in [1.165, 1.54) is 0 Å². The van der Waals surface area contributed by atoms with E-state index in [-0.39, 0.29) is 18.3 Å². The Morgan fingerprint density at radius 2 is 2.00 bits per heavy atom. The summed E-state index contributed by atoms with van der Waals surface area (Å²) >= 11 is 11.9. The zero-order valence-corrected chi connectivity index (χ0v) is 14.7. The molecule has 0 aromatic heterocycles. The second-order valence-corrected chi connectivity index (χ2v) is 6.05. The summed E-state index contributed by atoms with van der Waals surface area (Å²) in [6.45, 7) is 6.03. The summed E-state index contributed by atoms with van der Waals surface area (Å²) in [4.78, 5) is 14.3. The number of hydrogen-bond donors (Lipinski definition) is 2. The number of piperazine rings is 1. The minimum absolute atomic E-state index is 0. The van der Waals surface area contributed by atoms with Gasteiger partial charge in [0.2, 0.25) is 5.91 Å². The second kappa shape index (κ2) is 10.3. The molecule has 22 heavy (non-hydrogen) atoms. The van der Waals surface area contributed by atoms with E-state index in [4.69, 9.17) is 23.2 Å². The summed E-state index contributed by atoms with van der Waals surface area (Å²) in [7, 11) is 0. The number of nitrogens with zero attached hydrogens (tertiary/aromatic N) is 1. The first-order valence-electron chi connectivity index (χ1n) is 7.29. The van der Waals surface area contributed by atoms with Crippen LogP contribution in [0.1, 0.15) is 12.0 Å². The van der Waals surface area contributed by atoms with Gasteiger partial charge in [-0.15, -0.1) is 12.4 Å². The quantitative estimate of drug-likeness (QED) is 0.760. The molecule has 0 saturated carbocycles. The fraction of sp³-hybridized carbons (Fsp3) is 0.533. The zero-order chi connectivity index (χ0) is 15.1. The molecule has 1 aliphatic heterocycles. The molecule has 1 saturated heterocycles. The van der Waals surface area contributed by atoms with Crippen LogP contribution in [0.4, 0.5) is 0 Å². The topological polar surface area (TPSA) is 44.4 Å². The molecule has 1 aliphatic rings. The van der Waals surface area contributed by atoms with Crippen molar-refractivity contribution in [3.05, 3.63) is 33.8 Å². The normalized spacial score (nSPS) is 15.2. The van der Waals surface area contributed by atoms with Crippen LogP contribution in [0.15, 0.2) is 18.2 Å². The Morgan fingerprint density at radius 1 is 1.27 bits per heavy atom. The van der Waals surface area contributed by atoms with E-state index in [0.29, 0.717) is 23.0 Å². The lowest BCUT2D eigenvalue weighted by molar-refractivity contribution is -0.120. The average molecular weight is 367 g/mol. The first-order valence-corrected chi connectivity index (χ1v) is 8.04. The van der Waals surface area contributed by atoms with E-state index in [0.717, 1.165) is 44.7 Å². The molecule has 0 bridgehead atoms. The first kappa shape index (κ1) is 19.5. The number of carbonyl (C=O) groups is 1. The highest BCUT2D eigenvalue weighted by Gasteiger charge is 2.10. The molecule has 1 heterocycles. The van der Waals surface area contributed by atoms with Gasteiger partial charge in [0, 0.05) is 42.8 Å². The lowest BCUT2D eigenvalue weighted by atomic mass is 10.1. The van der Waals surface area contributed by atoms with Gasteiger partial charge >= 0.3 is 0 Å². The monoisotopic (exact) mass is 365 g/mol. The summed E-state index contributed by atoms with van der Waals surface area (Å²) in [6.07, 6.45) is 1.27. The maximum absolute atomic E-state index is 11.9. The average Bonchev–Trinajstić information content (AvgIpc) is 2.48. The van der Waals surface area contributed by atoms with Crippen LogP contribution in [0.5, 0.6) is 0 Å². The molecule has 0 radical (unpaired) electrons. The lowest BCUT2D eigenvalue weighted by Gasteiger charge is -2.27. The predicted molar refractivity (Wildman–Crippen MR) is 94.4 cm³/mol. The van der Waals surface area contributed by atoms with E-state index < -0.39 is 0 Å². The number of amides is 1. The molecule has 1 aromatic carbocycles. The van der Waals surface area contributed by atoms with Crippen molar-refractivity contribution in [2.75, 3.05) is 39.3 Å². The van der Waals surface area contributed by atoms with Gasteiger partial charge in [0.05, 0.1) is 6.42 Å². The molecule has 124 valence electrons. The van der Waals surface area contributed by atoms with Gasteiger partial charge in [-0.3, -0.25) is 4.79 Å². The Morgan fingerprint density at radius 3 is 2.68 bits per heavy atom. The molecular weight excluding hydrogens is 345 g/mol. The molecule has 4 nitrogen and oxygen atoms in total. The van der Waals surface area contributed by atoms with Crippen LogP contribution in [0.3, 0.4) is 0 Å². The third-order valence-corrected chi connectivity index (χ3v) is 4.14. The van der Waals surface area contributed by atoms with Crippen molar-refractivity contribution in [3.63, 3.8) is 0 Å². The fourth-order valence-corrected chi connectivity index (χ4v) is 2.84. The van der Waals surface area contributed by atoms with Gasteiger partial charge in [0.25, 0.3) is 0 Å². The van der Waals surface area contributed by atoms with Gasteiger partial charge in [-0.1, -0.05) is 29.3 Å². The molecule has 1 fully saturated rings.